The zero-order chi connectivity index (χ0) is 16.9. The van der Waals surface area contributed by atoms with Crippen LogP contribution in [-0.2, 0) is 16.0 Å². The van der Waals surface area contributed by atoms with Gasteiger partial charge in [-0.2, -0.15) is 0 Å². The summed E-state index contributed by atoms with van der Waals surface area (Å²) in [6, 6.07) is 7.82. The van der Waals surface area contributed by atoms with E-state index in [-0.39, 0.29) is 30.3 Å². The van der Waals surface area contributed by atoms with Gasteiger partial charge in [0, 0.05) is 43.7 Å². The molecule has 5 nitrogen and oxygen atoms in total. The summed E-state index contributed by atoms with van der Waals surface area (Å²) in [6.07, 6.45) is 3.19. The van der Waals surface area contributed by atoms with Crippen molar-refractivity contribution in [3.8, 4) is 0 Å². The molecule has 7 heteroatoms. The zero-order valence-electron chi connectivity index (χ0n) is 14.2. The first-order valence-corrected chi connectivity index (χ1v) is 9.03. The van der Waals surface area contributed by atoms with Crippen LogP contribution in [0.3, 0.4) is 0 Å². The highest BCUT2D eigenvalue weighted by atomic mass is 35.5. The molecule has 1 aromatic rings. The van der Waals surface area contributed by atoms with Crippen molar-refractivity contribution in [1.29, 1.82) is 0 Å². The summed E-state index contributed by atoms with van der Waals surface area (Å²) >= 11 is 5.89. The Bertz CT molecular complexity index is 594. The molecule has 1 N–H and O–H groups in total. The minimum Gasteiger partial charge on any atom is -0.341 e. The number of hydrogen-bond acceptors (Lipinski definition) is 3. The largest absolute Gasteiger partial charge is 0.341 e. The van der Waals surface area contributed by atoms with Gasteiger partial charge in [-0.1, -0.05) is 23.7 Å². The highest BCUT2D eigenvalue weighted by Gasteiger charge is 2.31. The van der Waals surface area contributed by atoms with Gasteiger partial charge in [0.05, 0.1) is 6.54 Å². The summed E-state index contributed by atoms with van der Waals surface area (Å²) in [5.41, 5.74) is 1.12. The third-order valence-electron chi connectivity index (χ3n) is 4.86. The number of carbonyl (C=O) groups is 2. The highest BCUT2D eigenvalue weighted by molar-refractivity contribution is 6.30. The van der Waals surface area contributed by atoms with Gasteiger partial charge in [0.25, 0.3) is 0 Å². The topological polar surface area (TPSA) is 52.7 Å². The van der Waals surface area contributed by atoms with Crippen LogP contribution in [0.2, 0.25) is 5.02 Å². The number of nitrogens with one attached hydrogen (secondary N) is 1. The lowest BCUT2D eigenvalue weighted by Crippen LogP contribution is -2.57. The lowest BCUT2D eigenvalue weighted by molar-refractivity contribution is -0.140. The van der Waals surface area contributed by atoms with Crippen molar-refractivity contribution in [1.82, 2.24) is 15.1 Å². The fraction of sp³-hybridized carbons (Fsp3) is 0.556. The molecule has 2 amide bonds. The van der Waals surface area contributed by atoms with E-state index in [1.165, 1.54) is 0 Å². The van der Waals surface area contributed by atoms with Crippen LogP contribution in [0.15, 0.2) is 24.3 Å². The van der Waals surface area contributed by atoms with E-state index >= 15 is 0 Å². The van der Waals surface area contributed by atoms with Crippen molar-refractivity contribution >= 4 is 35.8 Å². The maximum atomic E-state index is 12.5. The Morgan fingerprint density at radius 2 is 2.00 bits per heavy atom. The molecule has 138 valence electrons. The number of halogens is 2. The zero-order valence-corrected chi connectivity index (χ0v) is 15.8. The first-order valence-electron chi connectivity index (χ1n) is 8.66. The molecule has 0 spiro atoms. The average molecular weight is 386 g/mol. The predicted molar refractivity (Wildman–Crippen MR) is 101 cm³/mol. The Morgan fingerprint density at radius 3 is 2.72 bits per heavy atom. The average Bonchev–Trinajstić information content (AvgIpc) is 2.61. The van der Waals surface area contributed by atoms with Gasteiger partial charge in [0.15, 0.2) is 0 Å². The number of aryl methyl sites for hydroxylation is 1. The Hall–Kier alpha value is -1.30. The predicted octanol–water partition coefficient (Wildman–Crippen LogP) is 2.12. The maximum Gasteiger partial charge on any atom is 0.236 e. The lowest BCUT2D eigenvalue weighted by atomic mass is 10.0. The van der Waals surface area contributed by atoms with Gasteiger partial charge in [-0.15, -0.1) is 12.4 Å². The second-order valence-electron chi connectivity index (χ2n) is 6.53. The lowest BCUT2D eigenvalue weighted by Gasteiger charge is -2.41. The van der Waals surface area contributed by atoms with Crippen LogP contribution >= 0.6 is 24.0 Å². The molecule has 1 aromatic carbocycles. The smallest absolute Gasteiger partial charge is 0.236 e. The number of benzene rings is 1. The number of carbonyl (C=O) groups excluding carboxylic acids is 2. The molecule has 25 heavy (non-hydrogen) atoms. The van der Waals surface area contributed by atoms with Crippen LogP contribution < -0.4 is 5.32 Å². The van der Waals surface area contributed by atoms with Gasteiger partial charge in [0.1, 0.15) is 0 Å². The van der Waals surface area contributed by atoms with Crippen LogP contribution in [0.4, 0.5) is 0 Å². The minimum absolute atomic E-state index is 0. The summed E-state index contributed by atoms with van der Waals surface area (Å²) in [6.45, 7) is 3.48. The molecule has 2 saturated heterocycles. The fourth-order valence-electron chi connectivity index (χ4n) is 3.50. The van der Waals surface area contributed by atoms with Crippen LogP contribution in [0.25, 0.3) is 0 Å². The molecule has 3 rings (SSSR count). The molecule has 0 radical (unpaired) electrons. The standard InChI is InChI=1S/C18H24ClN3O2.ClH/c19-15-6-3-14(4-7-15)5-8-17(23)21-10-1-2-16(13-21)22-11-9-20-12-18(22)24;/h3-4,6-7,16,20H,1-2,5,8-13H2;1H. The summed E-state index contributed by atoms with van der Waals surface area (Å²) in [5, 5.41) is 3.81. The van der Waals surface area contributed by atoms with E-state index in [1.54, 1.807) is 0 Å². The van der Waals surface area contributed by atoms with E-state index in [0.29, 0.717) is 24.5 Å². The Kier molecular flexibility index (Phi) is 7.54. The van der Waals surface area contributed by atoms with Gasteiger partial charge in [-0.25, -0.2) is 0 Å². The van der Waals surface area contributed by atoms with Crippen molar-refractivity contribution in [2.24, 2.45) is 0 Å². The van der Waals surface area contributed by atoms with Crippen molar-refractivity contribution in [2.45, 2.75) is 31.7 Å². The molecule has 1 unspecified atom stereocenters. The van der Waals surface area contributed by atoms with E-state index in [9.17, 15) is 9.59 Å². The molecule has 2 aliphatic heterocycles. The number of rotatable bonds is 4. The molecule has 0 saturated carbocycles. The van der Waals surface area contributed by atoms with E-state index in [0.717, 1.165) is 44.5 Å². The molecular weight excluding hydrogens is 361 g/mol. The summed E-state index contributed by atoms with van der Waals surface area (Å²) in [7, 11) is 0. The van der Waals surface area contributed by atoms with Crippen LogP contribution in [-0.4, -0.2) is 60.4 Å². The molecule has 2 aliphatic rings. The van der Waals surface area contributed by atoms with E-state index in [1.807, 2.05) is 34.1 Å². The number of hydrogen-bond donors (Lipinski definition) is 1. The Labute approximate surface area is 160 Å². The second kappa shape index (κ2) is 9.41. The summed E-state index contributed by atoms with van der Waals surface area (Å²) < 4.78 is 0. The van der Waals surface area contributed by atoms with Gasteiger partial charge in [-0.05, 0) is 37.0 Å². The van der Waals surface area contributed by atoms with Gasteiger partial charge < -0.3 is 15.1 Å². The Balaban J connectivity index is 0.00000225. The van der Waals surface area contributed by atoms with Crippen molar-refractivity contribution in [3.63, 3.8) is 0 Å². The summed E-state index contributed by atoms with van der Waals surface area (Å²) in [5.74, 6) is 0.332. The maximum absolute atomic E-state index is 12.5. The normalized spacial score (nSPS) is 21.0. The minimum atomic E-state index is 0. The van der Waals surface area contributed by atoms with Gasteiger partial charge >= 0.3 is 0 Å². The third kappa shape index (κ3) is 5.33. The monoisotopic (exact) mass is 385 g/mol. The summed E-state index contributed by atoms with van der Waals surface area (Å²) in [4.78, 5) is 28.5. The van der Waals surface area contributed by atoms with Crippen molar-refractivity contribution < 1.29 is 9.59 Å². The number of nitrogens with zero attached hydrogens (tertiary/aromatic N) is 2. The van der Waals surface area contributed by atoms with E-state index in [4.69, 9.17) is 11.6 Å². The molecule has 0 aromatic heterocycles. The van der Waals surface area contributed by atoms with Crippen LogP contribution in [0.5, 0.6) is 0 Å². The van der Waals surface area contributed by atoms with Gasteiger partial charge in [0.2, 0.25) is 11.8 Å². The fourth-order valence-corrected chi connectivity index (χ4v) is 3.63. The Morgan fingerprint density at radius 1 is 1.24 bits per heavy atom. The first kappa shape index (κ1) is 20.0. The number of amides is 2. The van der Waals surface area contributed by atoms with E-state index < -0.39 is 0 Å². The molecule has 0 aliphatic carbocycles. The SMILES string of the molecule is Cl.O=C(CCc1ccc(Cl)cc1)N1CCCC(N2CCNCC2=O)C1. The molecule has 2 heterocycles. The molecule has 1 atom stereocenters. The number of piperidine rings is 1. The second-order valence-corrected chi connectivity index (χ2v) is 6.96. The van der Waals surface area contributed by atoms with Crippen molar-refractivity contribution in [2.75, 3.05) is 32.7 Å². The van der Waals surface area contributed by atoms with E-state index in [2.05, 4.69) is 5.32 Å². The van der Waals surface area contributed by atoms with Crippen molar-refractivity contribution in [3.05, 3.63) is 34.9 Å². The van der Waals surface area contributed by atoms with Crippen LogP contribution in [0.1, 0.15) is 24.8 Å². The molecule has 0 bridgehead atoms. The number of likely N-dealkylation sites (tertiary alicyclic amines) is 1. The third-order valence-corrected chi connectivity index (χ3v) is 5.11. The van der Waals surface area contributed by atoms with Gasteiger partial charge in [-0.3, -0.25) is 9.59 Å². The quantitative estimate of drug-likeness (QED) is 0.863. The van der Waals surface area contributed by atoms with Crippen LogP contribution in [0, 0.1) is 0 Å². The molecule has 2 fully saturated rings. The number of piperazine rings is 1. The first-order chi connectivity index (χ1) is 11.6. The molecular formula is C18H25Cl2N3O2. The highest BCUT2D eigenvalue weighted by Crippen LogP contribution is 2.18.